The van der Waals surface area contributed by atoms with Crippen LogP contribution in [0.15, 0.2) is 48.7 Å². The highest BCUT2D eigenvalue weighted by atomic mass is 35.5. The molecule has 2 heterocycles. The van der Waals surface area contributed by atoms with Gasteiger partial charge < -0.3 is 20.7 Å². The number of fused-ring (bicyclic) bond motifs is 1. The third kappa shape index (κ3) is 5.34. The van der Waals surface area contributed by atoms with Crippen LogP contribution in [0.5, 0.6) is 0 Å². The van der Waals surface area contributed by atoms with E-state index >= 15 is 0 Å². The summed E-state index contributed by atoms with van der Waals surface area (Å²) in [5.74, 6) is -0.943. The molecule has 0 aliphatic carbocycles. The van der Waals surface area contributed by atoms with Gasteiger partial charge in [0.05, 0.1) is 17.8 Å². The first kappa shape index (κ1) is 20.8. The molecule has 0 saturated carbocycles. The maximum atomic E-state index is 12.8. The van der Waals surface area contributed by atoms with Gasteiger partial charge in [0.25, 0.3) is 11.8 Å². The largest absolute Gasteiger partial charge is 0.381 e. The summed E-state index contributed by atoms with van der Waals surface area (Å²) >= 11 is 5.90. The van der Waals surface area contributed by atoms with Crippen LogP contribution in [-0.4, -0.2) is 45.6 Å². The second-order valence-electron chi connectivity index (χ2n) is 6.78. The fourth-order valence-electron chi connectivity index (χ4n) is 3.02. The summed E-state index contributed by atoms with van der Waals surface area (Å²) < 4.78 is 0. The molecule has 152 valence electrons. The number of aliphatic hydroxyl groups is 1. The van der Waals surface area contributed by atoms with Crippen molar-refractivity contribution in [3.05, 3.63) is 65.1 Å². The number of hydrogen-bond donors (Lipinski definition) is 4. The van der Waals surface area contributed by atoms with Gasteiger partial charge in [-0.05, 0) is 30.5 Å². The number of halogens is 1. The Morgan fingerprint density at radius 3 is 2.72 bits per heavy atom. The number of carbonyl (C=O) groups is 2. The molecule has 1 aromatic carbocycles. The number of aliphatic hydroxyl groups excluding tert-OH is 1. The molecule has 3 rings (SSSR count). The van der Waals surface area contributed by atoms with Gasteiger partial charge in [0, 0.05) is 11.9 Å². The molecule has 0 aliphatic heterocycles. The van der Waals surface area contributed by atoms with Crippen molar-refractivity contribution in [1.82, 2.24) is 20.6 Å². The highest BCUT2D eigenvalue weighted by Crippen LogP contribution is 2.18. The molecule has 0 spiro atoms. The molecule has 2 amide bonds. The first-order chi connectivity index (χ1) is 14.0. The number of aromatic nitrogens is 2. The number of rotatable bonds is 8. The highest BCUT2D eigenvalue weighted by Gasteiger charge is 2.28. The van der Waals surface area contributed by atoms with Crippen molar-refractivity contribution in [2.24, 2.45) is 0 Å². The van der Waals surface area contributed by atoms with Crippen molar-refractivity contribution in [3.63, 3.8) is 0 Å². The number of carbonyl (C=O) groups excluding carboxylic acids is 2. The van der Waals surface area contributed by atoms with Crippen molar-refractivity contribution in [1.29, 1.82) is 0 Å². The van der Waals surface area contributed by atoms with Gasteiger partial charge in [0.15, 0.2) is 6.10 Å². The lowest BCUT2D eigenvalue weighted by molar-refractivity contribution is -0.130. The van der Waals surface area contributed by atoms with E-state index in [1.54, 1.807) is 18.3 Å². The second kappa shape index (κ2) is 9.54. The fourth-order valence-corrected chi connectivity index (χ4v) is 3.18. The lowest BCUT2D eigenvalue weighted by Crippen LogP contribution is -2.51. The number of benzene rings is 1. The van der Waals surface area contributed by atoms with E-state index in [1.807, 2.05) is 37.3 Å². The van der Waals surface area contributed by atoms with Crippen LogP contribution in [0.4, 0.5) is 0 Å². The van der Waals surface area contributed by atoms with Crippen LogP contribution in [0.2, 0.25) is 5.15 Å². The SMILES string of the molecule is CCCNC(=O)[C@H](O)[C@H](Cc1ccccc1)NC(=O)c1cc2cc(Cl)ncc2[nH]1. The zero-order chi connectivity index (χ0) is 20.8. The van der Waals surface area contributed by atoms with Crippen LogP contribution in [0.1, 0.15) is 29.4 Å². The summed E-state index contributed by atoms with van der Waals surface area (Å²) in [6, 6.07) is 11.9. The van der Waals surface area contributed by atoms with Gasteiger partial charge in [-0.2, -0.15) is 0 Å². The zero-order valence-electron chi connectivity index (χ0n) is 16.0. The van der Waals surface area contributed by atoms with E-state index < -0.39 is 24.0 Å². The molecule has 2 atom stereocenters. The van der Waals surface area contributed by atoms with Gasteiger partial charge in [-0.1, -0.05) is 48.9 Å². The van der Waals surface area contributed by atoms with Crippen LogP contribution in [0.3, 0.4) is 0 Å². The Hall–Kier alpha value is -2.90. The molecule has 8 heteroatoms. The van der Waals surface area contributed by atoms with Gasteiger partial charge in [-0.25, -0.2) is 4.98 Å². The minimum absolute atomic E-state index is 0.295. The van der Waals surface area contributed by atoms with E-state index in [9.17, 15) is 14.7 Å². The van der Waals surface area contributed by atoms with Crippen LogP contribution < -0.4 is 10.6 Å². The Kier molecular flexibility index (Phi) is 6.85. The van der Waals surface area contributed by atoms with Gasteiger partial charge in [0.2, 0.25) is 0 Å². The normalized spacial score (nSPS) is 13.1. The Bertz CT molecular complexity index is 990. The summed E-state index contributed by atoms with van der Waals surface area (Å²) in [6.07, 6.45) is 1.22. The highest BCUT2D eigenvalue weighted by molar-refractivity contribution is 6.30. The molecule has 29 heavy (non-hydrogen) atoms. The van der Waals surface area contributed by atoms with Crippen molar-refractivity contribution in [3.8, 4) is 0 Å². The van der Waals surface area contributed by atoms with Crippen LogP contribution in [-0.2, 0) is 11.2 Å². The van der Waals surface area contributed by atoms with Crippen LogP contribution in [0, 0.1) is 0 Å². The van der Waals surface area contributed by atoms with Crippen molar-refractivity contribution >= 4 is 34.3 Å². The van der Waals surface area contributed by atoms with Gasteiger partial charge in [0.1, 0.15) is 10.8 Å². The summed E-state index contributed by atoms with van der Waals surface area (Å²) in [6.45, 7) is 2.38. The second-order valence-corrected chi connectivity index (χ2v) is 7.17. The predicted molar refractivity (Wildman–Crippen MR) is 112 cm³/mol. The Morgan fingerprint density at radius 1 is 1.24 bits per heavy atom. The molecule has 0 unspecified atom stereocenters. The molecule has 0 radical (unpaired) electrons. The summed E-state index contributed by atoms with van der Waals surface area (Å²) in [5, 5.41) is 17.1. The molecule has 0 bridgehead atoms. The third-order valence-electron chi connectivity index (χ3n) is 4.53. The van der Waals surface area contributed by atoms with Crippen LogP contribution >= 0.6 is 11.6 Å². The number of aromatic amines is 1. The number of hydrogen-bond acceptors (Lipinski definition) is 4. The molecular formula is C21H23ClN4O3. The average Bonchev–Trinajstić information content (AvgIpc) is 3.15. The Labute approximate surface area is 173 Å². The summed E-state index contributed by atoms with van der Waals surface area (Å²) in [5.41, 5.74) is 1.86. The van der Waals surface area contributed by atoms with Crippen LogP contribution in [0.25, 0.3) is 10.9 Å². The third-order valence-corrected chi connectivity index (χ3v) is 4.74. The molecule has 2 aromatic heterocycles. The number of nitrogens with one attached hydrogen (secondary N) is 3. The molecular weight excluding hydrogens is 392 g/mol. The quantitative estimate of drug-likeness (QED) is 0.424. The average molecular weight is 415 g/mol. The maximum Gasteiger partial charge on any atom is 0.268 e. The smallest absolute Gasteiger partial charge is 0.268 e. The van der Waals surface area contributed by atoms with Crippen molar-refractivity contribution < 1.29 is 14.7 Å². The number of H-pyrrole nitrogens is 1. The number of pyridine rings is 1. The number of nitrogens with zero attached hydrogens (tertiary/aromatic N) is 1. The van der Waals surface area contributed by atoms with E-state index in [1.165, 1.54) is 0 Å². The maximum absolute atomic E-state index is 12.8. The summed E-state index contributed by atoms with van der Waals surface area (Å²) in [4.78, 5) is 32.1. The molecule has 0 saturated heterocycles. The lowest BCUT2D eigenvalue weighted by Gasteiger charge is -2.23. The van der Waals surface area contributed by atoms with Crippen molar-refractivity contribution in [2.45, 2.75) is 31.9 Å². The molecule has 0 fully saturated rings. The van der Waals surface area contributed by atoms with E-state index in [4.69, 9.17) is 11.6 Å². The monoisotopic (exact) mass is 414 g/mol. The van der Waals surface area contributed by atoms with Crippen molar-refractivity contribution in [2.75, 3.05) is 6.54 Å². The fraction of sp³-hybridized carbons (Fsp3) is 0.286. The topological polar surface area (TPSA) is 107 Å². The first-order valence-electron chi connectivity index (χ1n) is 9.42. The molecule has 7 nitrogen and oxygen atoms in total. The molecule has 3 aromatic rings. The zero-order valence-corrected chi connectivity index (χ0v) is 16.7. The standard InChI is InChI=1S/C21H23ClN4O3/c1-2-8-23-21(29)19(27)15(9-13-6-4-3-5-7-13)26-20(28)16-10-14-11-18(22)24-12-17(14)25-16/h3-7,10-12,15,19,25,27H,2,8-9H2,1H3,(H,23,29)(H,26,28)/t15-,19+/m0/s1. The molecule has 0 aliphatic rings. The Morgan fingerprint density at radius 2 is 2.00 bits per heavy atom. The lowest BCUT2D eigenvalue weighted by atomic mass is 10.0. The van der Waals surface area contributed by atoms with E-state index in [0.29, 0.717) is 29.3 Å². The number of amides is 2. The van der Waals surface area contributed by atoms with E-state index in [2.05, 4.69) is 20.6 Å². The summed E-state index contributed by atoms with van der Waals surface area (Å²) in [7, 11) is 0. The van der Waals surface area contributed by atoms with Gasteiger partial charge in [-0.15, -0.1) is 0 Å². The van der Waals surface area contributed by atoms with Gasteiger partial charge in [-0.3, -0.25) is 9.59 Å². The van der Waals surface area contributed by atoms with E-state index in [0.717, 1.165) is 17.4 Å². The minimum atomic E-state index is -1.38. The predicted octanol–water partition coefficient (Wildman–Crippen LogP) is 2.44. The molecule has 4 N–H and O–H groups in total. The van der Waals surface area contributed by atoms with E-state index in [-0.39, 0.29) is 0 Å². The first-order valence-corrected chi connectivity index (χ1v) is 9.80. The van der Waals surface area contributed by atoms with Gasteiger partial charge >= 0.3 is 0 Å². The Balaban J connectivity index is 1.80. The minimum Gasteiger partial charge on any atom is -0.381 e.